The second-order valence-corrected chi connectivity index (χ2v) is 4.41. The summed E-state index contributed by atoms with van der Waals surface area (Å²) in [6.45, 7) is 2.35. The third-order valence-corrected chi connectivity index (χ3v) is 2.78. The SMILES string of the molecule is CCCCOC(=O)/C=C/C(=O)Nc1cc(OC)ccc1OC. The van der Waals surface area contributed by atoms with E-state index in [0.29, 0.717) is 23.8 Å². The van der Waals surface area contributed by atoms with Crippen molar-refractivity contribution in [2.24, 2.45) is 0 Å². The molecule has 0 spiro atoms. The van der Waals surface area contributed by atoms with Crippen molar-refractivity contribution in [2.75, 3.05) is 26.1 Å². The highest BCUT2D eigenvalue weighted by Crippen LogP contribution is 2.28. The van der Waals surface area contributed by atoms with Gasteiger partial charge < -0.3 is 19.5 Å². The minimum Gasteiger partial charge on any atom is -0.497 e. The van der Waals surface area contributed by atoms with Crippen molar-refractivity contribution in [1.29, 1.82) is 0 Å². The number of ether oxygens (including phenoxy) is 3. The van der Waals surface area contributed by atoms with Gasteiger partial charge in [0.1, 0.15) is 11.5 Å². The van der Waals surface area contributed by atoms with Gasteiger partial charge in [-0.1, -0.05) is 13.3 Å². The first-order valence-corrected chi connectivity index (χ1v) is 6.98. The Hall–Kier alpha value is -2.50. The topological polar surface area (TPSA) is 73.9 Å². The van der Waals surface area contributed by atoms with Crippen LogP contribution >= 0.6 is 0 Å². The van der Waals surface area contributed by atoms with Crippen molar-refractivity contribution < 1.29 is 23.8 Å². The lowest BCUT2D eigenvalue weighted by Gasteiger charge is -2.10. The summed E-state index contributed by atoms with van der Waals surface area (Å²) in [5.74, 6) is 0.0762. The lowest BCUT2D eigenvalue weighted by atomic mass is 10.2. The van der Waals surface area contributed by atoms with Gasteiger partial charge in [0.05, 0.1) is 26.5 Å². The van der Waals surface area contributed by atoms with Crippen molar-refractivity contribution in [3.8, 4) is 11.5 Å². The number of carbonyl (C=O) groups is 2. The minimum absolute atomic E-state index is 0.352. The summed E-state index contributed by atoms with van der Waals surface area (Å²) < 4.78 is 15.2. The standard InChI is InChI=1S/C16H21NO5/c1-4-5-10-22-16(19)9-8-15(18)17-13-11-12(20-2)6-7-14(13)21-3/h6-9,11H,4-5,10H2,1-3H3,(H,17,18)/b9-8+. The number of hydrogen-bond acceptors (Lipinski definition) is 5. The number of anilines is 1. The summed E-state index contributed by atoms with van der Waals surface area (Å²) in [5, 5.41) is 2.62. The van der Waals surface area contributed by atoms with Crippen LogP contribution < -0.4 is 14.8 Å². The number of nitrogens with one attached hydrogen (secondary N) is 1. The van der Waals surface area contributed by atoms with Gasteiger partial charge in [-0.25, -0.2) is 4.79 Å². The Labute approximate surface area is 130 Å². The Kier molecular flexibility index (Phi) is 7.53. The Balaban J connectivity index is 2.62. The normalized spacial score (nSPS) is 10.3. The molecule has 6 heteroatoms. The molecule has 0 radical (unpaired) electrons. The third kappa shape index (κ3) is 5.87. The predicted octanol–water partition coefficient (Wildman–Crippen LogP) is 2.54. The van der Waals surface area contributed by atoms with Gasteiger partial charge in [-0.3, -0.25) is 4.79 Å². The van der Waals surface area contributed by atoms with Crippen LogP contribution in [0.2, 0.25) is 0 Å². The number of amides is 1. The zero-order valence-electron chi connectivity index (χ0n) is 13.0. The molecule has 0 bridgehead atoms. The molecule has 0 atom stereocenters. The van der Waals surface area contributed by atoms with E-state index in [0.717, 1.165) is 25.0 Å². The number of methoxy groups -OCH3 is 2. The number of unbranched alkanes of at least 4 members (excludes halogenated alkanes) is 1. The van der Waals surface area contributed by atoms with E-state index in [9.17, 15) is 9.59 Å². The molecule has 0 unspecified atom stereocenters. The molecule has 1 aromatic rings. The molecule has 1 N–H and O–H groups in total. The molecule has 0 aromatic heterocycles. The first kappa shape index (κ1) is 17.6. The molecule has 1 aromatic carbocycles. The monoisotopic (exact) mass is 307 g/mol. The number of benzene rings is 1. The van der Waals surface area contributed by atoms with E-state index in [1.54, 1.807) is 18.2 Å². The maximum atomic E-state index is 11.8. The van der Waals surface area contributed by atoms with Gasteiger partial charge >= 0.3 is 5.97 Å². The summed E-state index contributed by atoms with van der Waals surface area (Å²) >= 11 is 0. The quantitative estimate of drug-likeness (QED) is 0.454. The molecule has 0 saturated heterocycles. The van der Waals surface area contributed by atoms with Crippen LogP contribution in [0.1, 0.15) is 19.8 Å². The maximum absolute atomic E-state index is 11.8. The first-order chi connectivity index (χ1) is 10.6. The molecular weight excluding hydrogens is 286 g/mol. The molecule has 6 nitrogen and oxygen atoms in total. The molecule has 0 fully saturated rings. The fraction of sp³-hybridized carbons (Fsp3) is 0.375. The highest BCUT2D eigenvalue weighted by Gasteiger charge is 2.07. The largest absolute Gasteiger partial charge is 0.497 e. The van der Waals surface area contributed by atoms with E-state index in [4.69, 9.17) is 14.2 Å². The van der Waals surface area contributed by atoms with Crippen molar-refractivity contribution >= 4 is 17.6 Å². The van der Waals surface area contributed by atoms with Crippen molar-refractivity contribution in [3.63, 3.8) is 0 Å². The van der Waals surface area contributed by atoms with Crippen LogP contribution in [0.5, 0.6) is 11.5 Å². The number of esters is 1. The van der Waals surface area contributed by atoms with Crippen molar-refractivity contribution in [1.82, 2.24) is 0 Å². The van der Waals surface area contributed by atoms with Gasteiger partial charge in [0.15, 0.2) is 0 Å². The van der Waals surface area contributed by atoms with E-state index in [-0.39, 0.29) is 0 Å². The molecular formula is C16H21NO5. The third-order valence-electron chi connectivity index (χ3n) is 2.78. The Morgan fingerprint density at radius 1 is 1.18 bits per heavy atom. The van der Waals surface area contributed by atoms with E-state index >= 15 is 0 Å². The second kappa shape index (κ2) is 9.44. The smallest absolute Gasteiger partial charge is 0.330 e. The zero-order valence-corrected chi connectivity index (χ0v) is 13.0. The lowest BCUT2D eigenvalue weighted by Crippen LogP contribution is -2.10. The molecule has 0 aliphatic heterocycles. The van der Waals surface area contributed by atoms with Gasteiger partial charge in [0, 0.05) is 18.2 Å². The average Bonchev–Trinajstić information content (AvgIpc) is 2.53. The van der Waals surface area contributed by atoms with Crippen LogP contribution in [0.3, 0.4) is 0 Å². The zero-order chi connectivity index (χ0) is 16.4. The number of hydrogen-bond donors (Lipinski definition) is 1. The van der Waals surface area contributed by atoms with E-state index in [1.165, 1.54) is 14.2 Å². The maximum Gasteiger partial charge on any atom is 0.330 e. The first-order valence-electron chi connectivity index (χ1n) is 6.98. The Bertz CT molecular complexity index is 539. The van der Waals surface area contributed by atoms with Crippen molar-refractivity contribution in [2.45, 2.75) is 19.8 Å². The minimum atomic E-state index is -0.541. The highest BCUT2D eigenvalue weighted by molar-refractivity contribution is 6.03. The molecule has 1 amide bonds. The Morgan fingerprint density at radius 2 is 1.95 bits per heavy atom. The van der Waals surface area contributed by atoms with E-state index in [2.05, 4.69) is 5.32 Å². The molecule has 0 heterocycles. The van der Waals surface area contributed by atoms with E-state index in [1.807, 2.05) is 6.92 Å². The van der Waals surface area contributed by atoms with Crippen LogP contribution in [0, 0.1) is 0 Å². The molecule has 0 aliphatic rings. The molecule has 1 rings (SSSR count). The van der Waals surface area contributed by atoms with Crippen LogP contribution in [-0.4, -0.2) is 32.7 Å². The fourth-order valence-electron chi connectivity index (χ4n) is 1.60. The van der Waals surface area contributed by atoms with Gasteiger partial charge in [-0.05, 0) is 18.6 Å². The van der Waals surface area contributed by atoms with E-state index < -0.39 is 11.9 Å². The number of carbonyl (C=O) groups excluding carboxylic acids is 2. The number of rotatable bonds is 8. The molecule has 120 valence electrons. The summed E-state index contributed by atoms with van der Waals surface area (Å²) in [4.78, 5) is 23.2. The molecule has 22 heavy (non-hydrogen) atoms. The predicted molar refractivity (Wildman–Crippen MR) is 83.2 cm³/mol. The summed E-state index contributed by atoms with van der Waals surface area (Å²) in [7, 11) is 3.03. The Morgan fingerprint density at radius 3 is 2.59 bits per heavy atom. The van der Waals surface area contributed by atoms with Gasteiger partial charge in [-0.2, -0.15) is 0 Å². The average molecular weight is 307 g/mol. The lowest BCUT2D eigenvalue weighted by molar-refractivity contribution is -0.138. The summed E-state index contributed by atoms with van der Waals surface area (Å²) in [6.07, 6.45) is 3.95. The molecule has 0 saturated carbocycles. The van der Waals surface area contributed by atoms with Crippen LogP contribution in [-0.2, 0) is 14.3 Å². The van der Waals surface area contributed by atoms with Crippen LogP contribution in [0.4, 0.5) is 5.69 Å². The summed E-state index contributed by atoms with van der Waals surface area (Å²) in [6, 6.07) is 5.02. The van der Waals surface area contributed by atoms with Crippen LogP contribution in [0.15, 0.2) is 30.4 Å². The highest BCUT2D eigenvalue weighted by atomic mass is 16.5. The van der Waals surface area contributed by atoms with Crippen LogP contribution in [0.25, 0.3) is 0 Å². The van der Waals surface area contributed by atoms with Gasteiger partial charge in [0.25, 0.3) is 0 Å². The summed E-state index contributed by atoms with van der Waals surface area (Å²) in [5.41, 5.74) is 0.454. The molecule has 0 aliphatic carbocycles. The fourth-order valence-corrected chi connectivity index (χ4v) is 1.60. The van der Waals surface area contributed by atoms with Gasteiger partial charge in [-0.15, -0.1) is 0 Å². The second-order valence-electron chi connectivity index (χ2n) is 4.41. The van der Waals surface area contributed by atoms with Crippen molar-refractivity contribution in [3.05, 3.63) is 30.4 Å². The van der Waals surface area contributed by atoms with Gasteiger partial charge in [0.2, 0.25) is 5.91 Å².